The second-order valence-corrected chi connectivity index (χ2v) is 9.76. The van der Waals surface area contributed by atoms with E-state index in [1.807, 2.05) is 39.0 Å². The second kappa shape index (κ2) is 12.1. The predicted molar refractivity (Wildman–Crippen MR) is 149 cm³/mol. The van der Waals surface area contributed by atoms with Gasteiger partial charge < -0.3 is 14.2 Å². The van der Waals surface area contributed by atoms with Crippen molar-refractivity contribution in [2.24, 2.45) is 10.1 Å². The van der Waals surface area contributed by atoms with Gasteiger partial charge in [0.25, 0.3) is 5.91 Å². The Morgan fingerprint density at radius 3 is 2.54 bits per heavy atom. The third-order valence-electron chi connectivity index (χ3n) is 5.76. The Labute approximate surface area is 221 Å². The van der Waals surface area contributed by atoms with Crippen LogP contribution in [0.5, 0.6) is 17.2 Å². The van der Waals surface area contributed by atoms with Crippen molar-refractivity contribution in [3.8, 4) is 17.2 Å². The summed E-state index contributed by atoms with van der Waals surface area (Å²) >= 11 is 1.36. The van der Waals surface area contributed by atoms with Gasteiger partial charge in [-0.2, -0.15) is 15.1 Å². The number of rotatable bonds is 11. The molecule has 2 aliphatic rings. The van der Waals surface area contributed by atoms with Gasteiger partial charge in [-0.15, -0.1) is 0 Å². The Bertz CT molecular complexity index is 1280. The summed E-state index contributed by atoms with van der Waals surface area (Å²) in [7, 11) is 0. The Balaban J connectivity index is 1.45. The maximum Gasteiger partial charge on any atom is 0.283 e. The number of thioether (sulfide) groups is 1. The number of nitrogens with one attached hydrogen (secondary N) is 1. The number of hydrogen-bond acceptors (Lipinski definition) is 7. The maximum atomic E-state index is 12.7. The van der Waals surface area contributed by atoms with Crippen LogP contribution in [-0.4, -0.2) is 46.8 Å². The number of unbranched alkanes of at least 4 members (excludes halogenated alkanes) is 1. The first-order valence-corrected chi connectivity index (χ1v) is 13.3. The number of nitrogens with zero attached hydrogens (tertiary/aromatic N) is 3. The molecule has 37 heavy (non-hydrogen) atoms. The van der Waals surface area contributed by atoms with Gasteiger partial charge in [0.15, 0.2) is 17.3 Å². The molecule has 9 heteroatoms. The summed E-state index contributed by atoms with van der Waals surface area (Å²) in [5, 5.41) is 15.8. The van der Waals surface area contributed by atoms with Crippen molar-refractivity contribution in [2.75, 3.05) is 19.8 Å². The summed E-state index contributed by atoms with van der Waals surface area (Å²) in [5.74, 6) is 1.56. The third kappa shape index (κ3) is 6.40. The highest BCUT2D eigenvalue weighted by Gasteiger charge is 2.35. The highest BCUT2D eigenvalue weighted by Crippen LogP contribution is 2.32. The molecule has 2 aromatic carbocycles. The normalized spacial score (nSPS) is 16.0. The third-order valence-corrected chi connectivity index (χ3v) is 6.73. The summed E-state index contributed by atoms with van der Waals surface area (Å²) in [6.07, 6.45) is 4.51. The Hall–Kier alpha value is -3.59. The van der Waals surface area contributed by atoms with Gasteiger partial charge in [-0.1, -0.05) is 31.5 Å². The van der Waals surface area contributed by atoms with Crippen molar-refractivity contribution in [2.45, 2.75) is 47.0 Å². The van der Waals surface area contributed by atoms with Crippen LogP contribution in [0.2, 0.25) is 0 Å². The number of aliphatic imine (C=N–C) groups is 1. The van der Waals surface area contributed by atoms with Crippen LogP contribution in [0.3, 0.4) is 0 Å². The smallest absolute Gasteiger partial charge is 0.283 e. The average molecular weight is 521 g/mol. The molecule has 0 saturated carbocycles. The van der Waals surface area contributed by atoms with Gasteiger partial charge in [0.2, 0.25) is 5.17 Å². The topological polar surface area (TPSA) is 96.6 Å². The van der Waals surface area contributed by atoms with E-state index in [2.05, 4.69) is 23.1 Å². The maximum absolute atomic E-state index is 12.7. The average Bonchev–Trinajstić information content (AvgIpc) is 3.29. The minimum absolute atomic E-state index is 0.0240. The molecule has 1 amide bonds. The van der Waals surface area contributed by atoms with Gasteiger partial charge in [0, 0.05) is 0 Å². The minimum Gasteiger partial charge on any atom is -0.490 e. The van der Waals surface area contributed by atoms with E-state index in [-0.39, 0.29) is 11.4 Å². The molecule has 0 radical (unpaired) electrons. The van der Waals surface area contributed by atoms with E-state index in [0.29, 0.717) is 42.1 Å². The Morgan fingerprint density at radius 1 is 1.00 bits per heavy atom. The molecule has 2 aliphatic heterocycles. The lowest BCUT2D eigenvalue weighted by Crippen LogP contribution is -2.35. The van der Waals surface area contributed by atoms with E-state index in [1.165, 1.54) is 16.8 Å². The summed E-state index contributed by atoms with van der Waals surface area (Å²) in [4.78, 5) is 16.9. The monoisotopic (exact) mass is 520 g/mol. The van der Waals surface area contributed by atoms with Crippen LogP contribution >= 0.6 is 11.8 Å². The van der Waals surface area contributed by atoms with Crippen molar-refractivity contribution in [1.82, 2.24) is 5.01 Å². The zero-order valence-electron chi connectivity index (χ0n) is 21.7. The van der Waals surface area contributed by atoms with Crippen LogP contribution in [0.15, 0.2) is 52.1 Å². The molecule has 8 nitrogen and oxygen atoms in total. The van der Waals surface area contributed by atoms with E-state index < -0.39 is 5.91 Å². The molecule has 0 aromatic heterocycles. The molecule has 2 heterocycles. The lowest BCUT2D eigenvalue weighted by atomic mass is 10.1. The van der Waals surface area contributed by atoms with E-state index in [9.17, 15) is 4.79 Å². The number of ether oxygens (including phenoxy) is 3. The molecule has 4 rings (SSSR count). The number of amidine groups is 2. The Kier molecular flexibility index (Phi) is 8.66. The quantitative estimate of drug-likeness (QED) is 0.290. The lowest BCUT2D eigenvalue weighted by Gasteiger charge is -2.20. The molecule has 2 aromatic rings. The van der Waals surface area contributed by atoms with Gasteiger partial charge in [-0.3, -0.25) is 10.2 Å². The fraction of sp³-hybridized carbons (Fsp3) is 0.357. The number of benzene rings is 2. The molecule has 194 valence electrons. The number of carbonyl (C=O) groups excluding carboxylic acids is 1. The van der Waals surface area contributed by atoms with Crippen LogP contribution in [0, 0.1) is 19.3 Å². The fourth-order valence-corrected chi connectivity index (χ4v) is 4.72. The summed E-state index contributed by atoms with van der Waals surface area (Å²) < 4.78 is 17.6. The van der Waals surface area contributed by atoms with E-state index >= 15 is 0 Å². The molecule has 0 aliphatic carbocycles. The van der Waals surface area contributed by atoms with Crippen molar-refractivity contribution in [3.05, 3.63) is 58.7 Å². The van der Waals surface area contributed by atoms with Gasteiger partial charge in [0.1, 0.15) is 24.0 Å². The highest BCUT2D eigenvalue weighted by atomic mass is 32.2. The van der Waals surface area contributed by atoms with Crippen molar-refractivity contribution in [3.63, 3.8) is 0 Å². The van der Waals surface area contributed by atoms with Crippen molar-refractivity contribution >= 4 is 39.8 Å². The largest absolute Gasteiger partial charge is 0.490 e. The van der Waals surface area contributed by atoms with Gasteiger partial charge >= 0.3 is 0 Å². The van der Waals surface area contributed by atoms with Gasteiger partial charge in [-0.25, -0.2) is 0 Å². The minimum atomic E-state index is -0.447. The van der Waals surface area contributed by atoms with Gasteiger partial charge in [0.05, 0.1) is 12.2 Å². The standard InChI is InChI=1S/C28H32N4O4S/c1-5-7-8-25-31-32-26(29)21(27(33)30-28(32)37-25)16-20-11-12-22(24(17-20)34-6-2)35-13-14-36-23-15-18(3)9-10-19(23)4/h9-12,15-17,29H,5-8,13-14H2,1-4H3. The van der Waals surface area contributed by atoms with Crippen LogP contribution in [0.4, 0.5) is 0 Å². The number of hydrogen-bond donors (Lipinski definition) is 1. The van der Waals surface area contributed by atoms with E-state index in [1.54, 1.807) is 18.2 Å². The molecule has 0 atom stereocenters. The number of carbonyl (C=O) groups is 1. The highest BCUT2D eigenvalue weighted by molar-refractivity contribution is 8.26. The number of aryl methyl sites for hydroxylation is 2. The molecule has 0 saturated heterocycles. The Morgan fingerprint density at radius 2 is 1.78 bits per heavy atom. The molecule has 1 N–H and O–H groups in total. The van der Waals surface area contributed by atoms with E-state index in [4.69, 9.17) is 19.6 Å². The van der Waals surface area contributed by atoms with E-state index in [0.717, 1.165) is 41.2 Å². The molecule has 0 bridgehead atoms. The SMILES string of the molecule is CCCCC1=NN2C(=N)C(=Cc3ccc(OCCOc4cc(C)ccc4C)c(OCC)c3)C(=O)N=C2S1. The molecular formula is C28H32N4O4S. The van der Waals surface area contributed by atoms with Crippen LogP contribution in [0.1, 0.15) is 49.8 Å². The second-order valence-electron chi connectivity index (χ2n) is 8.72. The summed E-state index contributed by atoms with van der Waals surface area (Å²) in [6.45, 7) is 9.25. The summed E-state index contributed by atoms with van der Waals surface area (Å²) in [5.41, 5.74) is 3.11. The van der Waals surface area contributed by atoms with Gasteiger partial charge in [-0.05, 0) is 86.3 Å². The first-order valence-electron chi connectivity index (χ1n) is 12.5. The van der Waals surface area contributed by atoms with Crippen LogP contribution in [0.25, 0.3) is 6.08 Å². The first-order chi connectivity index (χ1) is 17.9. The predicted octanol–water partition coefficient (Wildman–Crippen LogP) is 5.97. The lowest BCUT2D eigenvalue weighted by molar-refractivity contribution is -0.114. The number of amides is 1. The molecule has 0 fully saturated rings. The number of fused-ring (bicyclic) bond motifs is 1. The molecule has 0 spiro atoms. The fourth-order valence-electron chi connectivity index (χ4n) is 3.80. The zero-order chi connectivity index (χ0) is 26.4. The van der Waals surface area contributed by atoms with Crippen molar-refractivity contribution < 1.29 is 19.0 Å². The molecular weight excluding hydrogens is 488 g/mol. The van der Waals surface area contributed by atoms with Crippen molar-refractivity contribution in [1.29, 1.82) is 5.41 Å². The van der Waals surface area contributed by atoms with Crippen LogP contribution in [-0.2, 0) is 4.79 Å². The first kappa shape index (κ1) is 26.5. The van der Waals surface area contributed by atoms with Crippen LogP contribution < -0.4 is 14.2 Å². The molecule has 0 unspecified atom stereocenters. The zero-order valence-corrected chi connectivity index (χ0v) is 22.5. The number of hydrazone groups is 1. The summed E-state index contributed by atoms with van der Waals surface area (Å²) in [6, 6.07) is 11.5.